The molecule has 0 saturated carbocycles. The molecule has 2 aromatic heterocycles. The summed E-state index contributed by atoms with van der Waals surface area (Å²) >= 11 is 0. The normalized spacial score (nSPS) is 16.7. The fraction of sp³-hybridized carbons (Fsp3) is 0.529. The van der Waals surface area contributed by atoms with Gasteiger partial charge in [-0.25, -0.2) is 4.79 Å². The van der Waals surface area contributed by atoms with E-state index in [1.54, 1.807) is 6.92 Å². The summed E-state index contributed by atoms with van der Waals surface area (Å²) in [6.07, 6.45) is 3.43. The first-order valence-corrected chi connectivity index (χ1v) is 8.64. The Morgan fingerprint density at radius 1 is 1.27 bits per heavy atom. The van der Waals surface area contributed by atoms with Gasteiger partial charge < -0.3 is 10.0 Å². The van der Waals surface area contributed by atoms with Gasteiger partial charge in [0.25, 0.3) is 0 Å². The largest absolute Gasteiger partial charge is 0.476 e. The maximum absolute atomic E-state index is 12.7. The molecule has 1 aliphatic rings. The van der Waals surface area contributed by atoms with Crippen molar-refractivity contribution < 1.29 is 14.7 Å². The second-order valence-corrected chi connectivity index (χ2v) is 6.64. The second kappa shape index (κ2) is 7.28. The molecule has 1 N–H and O–H groups in total. The van der Waals surface area contributed by atoms with Crippen molar-refractivity contribution in [1.29, 1.82) is 0 Å². The molecule has 9 heteroatoms. The van der Waals surface area contributed by atoms with Crippen LogP contribution in [0.3, 0.4) is 0 Å². The predicted octanol–water partition coefficient (Wildman–Crippen LogP) is 0.529. The lowest BCUT2D eigenvalue weighted by Gasteiger charge is -2.35. The van der Waals surface area contributed by atoms with Gasteiger partial charge in [-0.05, 0) is 19.9 Å². The van der Waals surface area contributed by atoms with Crippen LogP contribution in [0.15, 0.2) is 18.5 Å². The minimum absolute atomic E-state index is 0.0396. The van der Waals surface area contributed by atoms with Crippen LogP contribution in [0.5, 0.6) is 0 Å². The number of carbonyl (C=O) groups excluding carboxylic acids is 1. The molecule has 1 atom stereocenters. The smallest absolute Gasteiger partial charge is 0.356 e. The number of carboxylic acid groups (broad SMARTS) is 1. The number of carbonyl (C=O) groups is 2. The van der Waals surface area contributed by atoms with Gasteiger partial charge in [-0.2, -0.15) is 10.2 Å². The molecule has 140 valence electrons. The minimum Gasteiger partial charge on any atom is -0.476 e. The molecule has 0 radical (unpaired) electrons. The molecule has 2 aromatic rings. The third-order valence-corrected chi connectivity index (χ3v) is 5.00. The Morgan fingerprint density at radius 2 is 1.96 bits per heavy atom. The first kappa shape index (κ1) is 18.1. The predicted molar refractivity (Wildman–Crippen MR) is 93.7 cm³/mol. The van der Waals surface area contributed by atoms with Crippen LogP contribution in [0.4, 0.5) is 0 Å². The van der Waals surface area contributed by atoms with Crippen LogP contribution in [-0.4, -0.2) is 72.5 Å². The van der Waals surface area contributed by atoms with Crippen molar-refractivity contribution in [1.82, 2.24) is 29.4 Å². The van der Waals surface area contributed by atoms with Crippen molar-refractivity contribution in [3.8, 4) is 0 Å². The lowest BCUT2D eigenvalue weighted by molar-refractivity contribution is -0.136. The molecular weight excluding hydrogens is 336 g/mol. The molecule has 9 nitrogen and oxygen atoms in total. The monoisotopic (exact) mass is 360 g/mol. The highest BCUT2D eigenvalue weighted by Gasteiger charge is 2.27. The lowest BCUT2D eigenvalue weighted by Crippen LogP contribution is -2.50. The summed E-state index contributed by atoms with van der Waals surface area (Å²) in [6.45, 7) is 7.52. The number of nitrogens with zero attached hydrogens (tertiary/aromatic N) is 6. The van der Waals surface area contributed by atoms with E-state index in [1.165, 1.54) is 22.5 Å². The molecule has 3 heterocycles. The fourth-order valence-corrected chi connectivity index (χ4v) is 3.11. The minimum atomic E-state index is -1.09. The summed E-state index contributed by atoms with van der Waals surface area (Å²) in [5.74, 6) is -1.13. The zero-order valence-corrected chi connectivity index (χ0v) is 15.3. The van der Waals surface area contributed by atoms with E-state index in [4.69, 9.17) is 5.11 Å². The van der Waals surface area contributed by atoms with Gasteiger partial charge >= 0.3 is 5.97 Å². The van der Waals surface area contributed by atoms with Crippen molar-refractivity contribution in [2.75, 3.05) is 26.2 Å². The van der Waals surface area contributed by atoms with Crippen LogP contribution in [0.1, 0.15) is 34.7 Å². The highest BCUT2D eigenvalue weighted by Crippen LogP contribution is 2.15. The SMILES string of the molecule is Cc1c(CN2CCN(C(=O)C(C)n3ccc(C(=O)O)n3)CC2)cnn1C. The zero-order valence-electron chi connectivity index (χ0n) is 15.3. The van der Waals surface area contributed by atoms with Gasteiger partial charge in [0.15, 0.2) is 5.69 Å². The van der Waals surface area contributed by atoms with Crippen LogP contribution in [0.2, 0.25) is 0 Å². The van der Waals surface area contributed by atoms with Crippen molar-refractivity contribution in [3.63, 3.8) is 0 Å². The van der Waals surface area contributed by atoms with E-state index in [9.17, 15) is 9.59 Å². The summed E-state index contributed by atoms with van der Waals surface area (Å²) in [6, 6.07) is 0.885. The van der Waals surface area contributed by atoms with Crippen molar-refractivity contribution in [2.24, 2.45) is 7.05 Å². The number of aromatic nitrogens is 4. The van der Waals surface area contributed by atoms with E-state index < -0.39 is 12.0 Å². The Morgan fingerprint density at radius 3 is 2.50 bits per heavy atom. The molecular formula is C17H24N6O3. The van der Waals surface area contributed by atoms with Crippen LogP contribution >= 0.6 is 0 Å². The zero-order chi connectivity index (χ0) is 18.8. The molecule has 26 heavy (non-hydrogen) atoms. The van der Waals surface area contributed by atoms with Crippen molar-refractivity contribution >= 4 is 11.9 Å². The van der Waals surface area contributed by atoms with Gasteiger partial charge in [0.2, 0.25) is 5.91 Å². The Hall–Kier alpha value is -2.68. The summed E-state index contributed by atoms with van der Waals surface area (Å²) < 4.78 is 3.28. The number of carboxylic acids is 1. The summed E-state index contributed by atoms with van der Waals surface area (Å²) in [5.41, 5.74) is 2.31. The summed E-state index contributed by atoms with van der Waals surface area (Å²) in [4.78, 5) is 27.8. The van der Waals surface area contributed by atoms with Gasteiger partial charge in [-0.3, -0.25) is 19.1 Å². The Labute approximate surface area is 151 Å². The van der Waals surface area contributed by atoms with Gasteiger partial charge in [0, 0.05) is 57.2 Å². The van der Waals surface area contributed by atoms with Crippen molar-refractivity contribution in [2.45, 2.75) is 26.4 Å². The summed E-state index contributed by atoms with van der Waals surface area (Å²) in [5, 5.41) is 17.2. The first-order valence-electron chi connectivity index (χ1n) is 8.64. The number of aromatic carboxylic acids is 1. The highest BCUT2D eigenvalue weighted by atomic mass is 16.4. The molecule has 0 aromatic carbocycles. The number of amides is 1. The van der Waals surface area contributed by atoms with Crippen LogP contribution in [-0.2, 0) is 18.4 Å². The maximum atomic E-state index is 12.7. The number of hydrogen-bond donors (Lipinski definition) is 1. The van der Waals surface area contributed by atoms with Gasteiger partial charge in [0.05, 0.1) is 6.20 Å². The Bertz CT molecular complexity index is 803. The Kier molecular flexibility index (Phi) is 5.08. The number of hydrogen-bond acceptors (Lipinski definition) is 5. The standard InChI is InChI=1S/C17H24N6O3/c1-12-14(10-18-20(12)3)11-21-6-8-22(9-7-21)16(24)13(2)23-5-4-15(19-23)17(25)26/h4-5,10,13H,6-9,11H2,1-3H3,(H,25,26). The van der Waals surface area contributed by atoms with E-state index in [-0.39, 0.29) is 11.6 Å². The van der Waals surface area contributed by atoms with E-state index in [1.807, 2.05) is 22.8 Å². The molecule has 1 amide bonds. The highest BCUT2D eigenvalue weighted by molar-refractivity contribution is 5.85. The Balaban J connectivity index is 1.55. The average Bonchev–Trinajstić information content (AvgIpc) is 3.24. The summed E-state index contributed by atoms with van der Waals surface area (Å²) in [7, 11) is 1.93. The third kappa shape index (κ3) is 3.62. The molecule has 1 saturated heterocycles. The van der Waals surface area contributed by atoms with Gasteiger partial charge in [-0.15, -0.1) is 0 Å². The van der Waals surface area contributed by atoms with E-state index in [2.05, 4.69) is 22.0 Å². The van der Waals surface area contributed by atoms with Gasteiger partial charge in [-0.1, -0.05) is 0 Å². The molecule has 3 rings (SSSR count). The van der Waals surface area contributed by atoms with Crippen LogP contribution in [0, 0.1) is 6.92 Å². The van der Waals surface area contributed by atoms with Crippen molar-refractivity contribution in [3.05, 3.63) is 35.4 Å². The third-order valence-electron chi connectivity index (χ3n) is 5.00. The molecule has 0 spiro atoms. The maximum Gasteiger partial charge on any atom is 0.356 e. The van der Waals surface area contributed by atoms with Crippen LogP contribution in [0.25, 0.3) is 0 Å². The van der Waals surface area contributed by atoms with E-state index in [0.29, 0.717) is 13.1 Å². The first-order chi connectivity index (χ1) is 12.4. The van der Waals surface area contributed by atoms with E-state index in [0.717, 1.165) is 25.3 Å². The molecule has 1 aliphatic heterocycles. The number of rotatable bonds is 5. The lowest BCUT2D eigenvalue weighted by atomic mass is 10.2. The topological polar surface area (TPSA) is 96.5 Å². The average molecular weight is 360 g/mol. The molecule has 0 bridgehead atoms. The number of aryl methyl sites for hydroxylation is 1. The molecule has 1 fully saturated rings. The van der Waals surface area contributed by atoms with E-state index >= 15 is 0 Å². The number of piperazine rings is 1. The molecule has 1 unspecified atom stereocenters. The van der Waals surface area contributed by atoms with Gasteiger partial charge in [0.1, 0.15) is 6.04 Å². The fourth-order valence-electron chi connectivity index (χ4n) is 3.11. The van der Waals surface area contributed by atoms with Crippen LogP contribution < -0.4 is 0 Å². The molecule has 0 aliphatic carbocycles. The second-order valence-electron chi connectivity index (χ2n) is 6.64. The quantitative estimate of drug-likeness (QED) is 0.835.